The first-order valence-corrected chi connectivity index (χ1v) is 10.4. The summed E-state index contributed by atoms with van der Waals surface area (Å²) in [7, 11) is 0. The molecule has 0 aliphatic carbocycles. The number of carbonyl (C=O) groups excluding carboxylic acids is 1. The van der Waals surface area contributed by atoms with E-state index in [1.807, 2.05) is 0 Å². The second kappa shape index (κ2) is 10.0. The number of nitrogen functional groups attached to an aromatic ring is 2. The fourth-order valence-corrected chi connectivity index (χ4v) is 3.93. The predicted octanol–water partition coefficient (Wildman–Crippen LogP) is 0.366. The van der Waals surface area contributed by atoms with Crippen LogP contribution in [0.1, 0.15) is 47.5 Å². The van der Waals surface area contributed by atoms with E-state index in [0.29, 0.717) is 31.5 Å². The smallest absolute Gasteiger partial charge is 0.326 e. The average Bonchev–Trinajstić information content (AvgIpc) is 2.76. The van der Waals surface area contributed by atoms with Crippen molar-refractivity contribution in [3.63, 3.8) is 0 Å². The summed E-state index contributed by atoms with van der Waals surface area (Å²) >= 11 is 0. The molecule has 1 amide bonds. The Kier molecular flexibility index (Phi) is 7.16. The second-order valence-electron chi connectivity index (χ2n) is 7.85. The van der Waals surface area contributed by atoms with E-state index in [2.05, 4.69) is 20.2 Å². The SMILES string of the molecule is Nc1nc(N)c(C2CCN(c3ccc(C(=O)N[C@@H](CCC(=O)O)C(=O)O)cc3)CC2)c(=O)[nH]1. The quantitative estimate of drug-likeness (QED) is 0.320. The molecule has 0 saturated carbocycles. The first-order valence-electron chi connectivity index (χ1n) is 10.4. The van der Waals surface area contributed by atoms with E-state index in [1.54, 1.807) is 24.3 Å². The number of rotatable bonds is 8. The number of nitrogens with zero attached hydrogens (tertiary/aromatic N) is 2. The van der Waals surface area contributed by atoms with Crippen LogP contribution in [0.15, 0.2) is 29.1 Å². The number of carboxylic acids is 2. The number of aromatic nitrogens is 2. The van der Waals surface area contributed by atoms with Crippen molar-refractivity contribution < 1.29 is 24.6 Å². The summed E-state index contributed by atoms with van der Waals surface area (Å²) in [6, 6.07) is 5.40. The van der Waals surface area contributed by atoms with Gasteiger partial charge in [-0.1, -0.05) is 0 Å². The molecule has 33 heavy (non-hydrogen) atoms. The molecule has 1 aliphatic rings. The number of nitrogens with two attached hydrogens (primary N) is 2. The van der Waals surface area contributed by atoms with Gasteiger partial charge in [0.05, 0.1) is 5.56 Å². The summed E-state index contributed by atoms with van der Waals surface area (Å²) in [5, 5.41) is 20.3. The van der Waals surface area contributed by atoms with E-state index >= 15 is 0 Å². The molecule has 12 heteroatoms. The number of anilines is 3. The van der Waals surface area contributed by atoms with Gasteiger partial charge in [0.15, 0.2) is 0 Å². The Morgan fingerprint density at radius 2 is 1.79 bits per heavy atom. The second-order valence-corrected chi connectivity index (χ2v) is 7.85. The lowest BCUT2D eigenvalue weighted by Crippen LogP contribution is -2.41. The first-order chi connectivity index (χ1) is 15.7. The Balaban J connectivity index is 1.61. The number of H-pyrrole nitrogens is 1. The molecule has 1 aromatic carbocycles. The molecule has 0 radical (unpaired) electrons. The molecule has 1 fully saturated rings. The summed E-state index contributed by atoms with van der Waals surface area (Å²) in [6.07, 6.45) is 0.798. The fourth-order valence-electron chi connectivity index (χ4n) is 3.93. The molecular weight excluding hydrogens is 432 g/mol. The molecule has 1 aliphatic heterocycles. The monoisotopic (exact) mass is 458 g/mol. The van der Waals surface area contributed by atoms with Gasteiger partial charge >= 0.3 is 11.9 Å². The third-order valence-electron chi connectivity index (χ3n) is 5.65. The van der Waals surface area contributed by atoms with E-state index in [-0.39, 0.29) is 41.6 Å². The van der Waals surface area contributed by atoms with Crippen molar-refractivity contribution in [2.45, 2.75) is 37.6 Å². The third kappa shape index (κ3) is 5.79. The molecule has 1 saturated heterocycles. The number of piperidine rings is 1. The third-order valence-corrected chi connectivity index (χ3v) is 5.65. The highest BCUT2D eigenvalue weighted by Crippen LogP contribution is 2.31. The number of carbonyl (C=O) groups is 3. The molecule has 1 aromatic heterocycles. The zero-order valence-corrected chi connectivity index (χ0v) is 17.8. The average molecular weight is 458 g/mol. The van der Waals surface area contributed by atoms with Gasteiger partial charge in [-0.2, -0.15) is 4.98 Å². The molecule has 0 spiro atoms. The molecule has 176 valence electrons. The van der Waals surface area contributed by atoms with Crippen molar-refractivity contribution in [1.29, 1.82) is 0 Å². The van der Waals surface area contributed by atoms with Gasteiger partial charge in [0, 0.05) is 30.8 Å². The number of benzene rings is 1. The van der Waals surface area contributed by atoms with Crippen molar-refractivity contribution in [1.82, 2.24) is 15.3 Å². The summed E-state index contributed by atoms with van der Waals surface area (Å²) in [5.41, 5.74) is 12.7. The Labute approximate surface area is 188 Å². The molecule has 12 nitrogen and oxygen atoms in total. The van der Waals surface area contributed by atoms with Gasteiger partial charge in [-0.05, 0) is 49.4 Å². The standard InChI is InChI=1S/C21H26N6O6/c22-17-16(19(31)26-21(23)25-17)11-7-9-27(10-8-11)13-3-1-12(2-4-13)18(30)24-14(20(32)33)5-6-15(28)29/h1-4,11,14H,5-10H2,(H,24,30)(H,28,29)(H,32,33)(H5,22,23,25,26,31)/t14-/m0/s1. The minimum absolute atomic E-state index is 0.0145. The van der Waals surface area contributed by atoms with E-state index in [1.165, 1.54) is 0 Å². The van der Waals surface area contributed by atoms with Crippen LogP contribution in [0.3, 0.4) is 0 Å². The number of aromatic amines is 1. The Hall–Kier alpha value is -4.09. The van der Waals surface area contributed by atoms with Gasteiger partial charge in [-0.15, -0.1) is 0 Å². The van der Waals surface area contributed by atoms with E-state index < -0.39 is 23.9 Å². The number of hydrogen-bond donors (Lipinski definition) is 6. The van der Waals surface area contributed by atoms with Crippen LogP contribution in [0.25, 0.3) is 0 Å². The van der Waals surface area contributed by atoms with Gasteiger partial charge in [-0.3, -0.25) is 19.4 Å². The lowest BCUT2D eigenvalue weighted by Gasteiger charge is -2.33. The van der Waals surface area contributed by atoms with Crippen molar-refractivity contribution in [2.24, 2.45) is 0 Å². The van der Waals surface area contributed by atoms with Crippen molar-refractivity contribution in [3.05, 3.63) is 45.7 Å². The number of aliphatic carboxylic acids is 2. The van der Waals surface area contributed by atoms with Gasteiger partial charge in [0.2, 0.25) is 5.95 Å². The lowest BCUT2D eigenvalue weighted by molar-refractivity contribution is -0.140. The van der Waals surface area contributed by atoms with E-state index in [9.17, 15) is 24.3 Å². The van der Waals surface area contributed by atoms with Crippen LogP contribution in [0.4, 0.5) is 17.5 Å². The predicted molar refractivity (Wildman–Crippen MR) is 120 cm³/mol. The number of amides is 1. The number of carboxylic acid groups (broad SMARTS) is 2. The topological polar surface area (TPSA) is 205 Å². The lowest BCUT2D eigenvalue weighted by atomic mass is 9.90. The Morgan fingerprint density at radius 3 is 2.33 bits per heavy atom. The van der Waals surface area contributed by atoms with Crippen LogP contribution in [-0.2, 0) is 9.59 Å². The van der Waals surface area contributed by atoms with Crippen LogP contribution < -0.4 is 27.2 Å². The normalized spacial score (nSPS) is 15.1. The summed E-state index contributed by atoms with van der Waals surface area (Å²) in [5.74, 6) is -2.93. The van der Waals surface area contributed by atoms with Gasteiger partial charge in [-0.25, -0.2) is 4.79 Å². The summed E-state index contributed by atoms with van der Waals surface area (Å²) in [4.78, 5) is 55.1. The van der Waals surface area contributed by atoms with Crippen molar-refractivity contribution in [2.75, 3.05) is 29.5 Å². The minimum Gasteiger partial charge on any atom is -0.481 e. The van der Waals surface area contributed by atoms with Crippen LogP contribution >= 0.6 is 0 Å². The summed E-state index contributed by atoms with van der Waals surface area (Å²) < 4.78 is 0. The molecule has 0 unspecified atom stereocenters. The van der Waals surface area contributed by atoms with Crippen LogP contribution in [0.5, 0.6) is 0 Å². The highest BCUT2D eigenvalue weighted by Gasteiger charge is 2.26. The molecule has 0 bridgehead atoms. The summed E-state index contributed by atoms with van der Waals surface area (Å²) in [6.45, 7) is 1.32. The molecular formula is C21H26N6O6. The van der Waals surface area contributed by atoms with E-state index in [0.717, 1.165) is 5.69 Å². The van der Waals surface area contributed by atoms with Crippen LogP contribution in [0, 0.1) is 0 Å². The van der Waals surface area contributed by atoms with E-state index in [4.69, 9.17) is 16.6 Å². The Bertz CT molecular complexity index is 1090. The van der Waals surface area contributed by atoms with Crippen LogP contribution in [0.2, 0.25) is 0 Å². The largest absolute Gasteiger partial charge is 0.481 e. The molecule has 1 atom stereocenters. The maximum atomic E-state index is 12.4. The molecule has 8 N–H and O–H groups in total. The highest BCUT2D eigenvalue weighted by molar-refractivity contribution is 5.97. The van der Waals surface area contributed by atoms with Crippen molar-refractivity contribution >= 4 is 35.3 Å². The van der Waals surface area contributed by atoms with Gasteiger partial charge in [0.25, 0.3) is 11.5 Å². The zero-order valence-electron chi connectivity index (χ0n) is 17.8. The molecule has 2 heterocycles. The maximum Gasteiger partial charge on any atom is 0.326 e. The van der Waals surface area contributed by atoms with Gasteiger partial charge in [0.1, 0.15) is 11.9 Å². The molecule has 2 aromatic rings. The van der Waals surface area contributed by atoms with Crippen LogP contribution in [-0.4, -0.2) is 57.2 Å². The van der Waals surface area contributed by atoms with Crippen molar-refractivity contribution in [3.8, 4) is 0 Å². The first kappa shape index (κ1) is 23.6. The minimum atomic E-state index is -1.29. The maximum absolute atomic E-state index is 12.4. The number of nitrogens with one attached hydrogen (secondary N) is 2. The Morgan fingerprint density at radius 1 is 1.15 bits per heavy atom. The highest BCUT2D eigenvalue weighted by atomic mass is 16.4. The zero-order chi connectivity index (χ0) is 24.1. The fraction of sp³-hybridized carbons (Fsp3) is 0.381. The van der Waals surface area contributed by atoms with Gasteiger partial charge < -0.3 is 31.9 Å². The molecule has 3 rings (SSSR count). The number of hydrogen-bond acceptors (Lipinski definition) is 8.